The minimum atomic E-state index is -4.56. The molecule has 0 aromatic heterocycles. The Hall–Kier alpha value is -3.63. The van der Waals surface area contributed by atoms with Gasteiger partial charge in [0.25, 0.3) is 11.8 Å². The lowest BCUT2D eigenvalue weighted by Crippen LogP contribution is -2.40. The molecule has 2 aromatic carbocycles. The number of ether oxygens (including phenoxy) is 2. The molecule has 1 fully saturated rings. The number of benzene rings is 2. The third kappa shape index (κ3) is 3.11. The maximum Gasteiger partial charge on any atom is 0.416 e. The average molecular weight is 420 g/mol. The number of nitrogens with zero attached hydrogens (tertiary/aromatic N) is 4. The lowest BCUT2D eigenvalue weighted by molar-refractivity contribution is -0.137. The van der Waals surface area contributed by atoms with Gasteiger partial charge in [-0.1, -0.05) is 11.3 Å². The van der Waals surface area contributed by atoms with Gasteiger partial charge in [0.1, 0.15) is 11.5 Å². The van der Waals surface area contributed by atoms with Gasteiger partial charge in [0.2, 0.25) is 0 Å². The quantitative estimate of drug-likeness (QED) is 0.710. The van der Waals surface area contributed by atoms with Crippen LogP contribution in [0.1, 0.15) is 5.56 Å². The van der Waals surface area contributed by atoms with Gasteiger partial charge in [0.15, 0.2) is 12.1 Å². The van der Waals surface area contributed by atoms with Crippen LogP contribution in [0.4, 0.5) is 24.5 Å². The van der Waals surface area contributed by atoms with Crippen molar-refractivity contribution in [2.75, 3.05) is 24.1 Å². The van der Waals surface area contributed by atoms with Gasteiger partial charge < -0.3 is 9.47 Å². The molecule has 2 aromatic rings. The highest BCUT2D eigenvalue weighted by atomic mass is 19.4. The van der Waals surface area contributed by atoms with E-state index in [2.05, 4.69) is 10.3 Å². The van der Waals surface area contributed by atoms with Gasteiger partial charge in [-0.15, -0.1) is 0 Å². The molecule has 2 heterocycles. The SMILES string of the molecule is COc1cc(OC)cc(N2C(=O)[C@@H]3[C@@H](N=NN3c3cccc(C(F)(F)F)c3)C2=O)c1. The highest BCUT2D eigenvalue weighted by Gasteiger charge is 2.55. The Morgan fingerprint density at radius 2 is 1.60 bits per heavy atom. The van der Waals surface area contributed by atoms with Gasteiger partial charge in [-0.05, 0) is 18.2 Å². The number of rotatable bonds is 4. The van der Waals surface area contributed by atoms with Crippen LogP contribution in [0.3, 0.4) is 0 Å². The molecule has 8 nitrogen and oxygen atoms in total. The van der Waals surface area contributed by atoms with Gasteiger partial charge in [-0.2, -0.15) is 18.3 Å². The maximum absolute atomic E-state index is 13.1. The Labute approximate surface area is 168 Å². The number of fused-ring (bicyclic) bond motifs is 1. The van der Waals surface area contributed by atoms with Crippen molar-refractivity contribution in [2.24, 2.45) is 10.3 Å². The monoisotopic (exact) mass is 420 g/mol. The summed E-state index contributed by atoms with van der Waals surface area (Å²) in [5, 5.41) is 8.66. The van der Waals surface area contributed by atoms with E-state index in [0.717, 1.165) is 22.0 Å². The Morgan fingerprint density at radius 3 is 2.20 bits per heavy atom. The maximum atomic E-state index is 13.1. The first-order valence-electron chi connectivity index (χ1n) is 8.72. The van der Waals surface area contributed by atoms with Crippen molar-refractivity contribution in [2.45, 2.75) is 18.3 Å². The fraction of sp³-hybridized carbons (Fsp3) is 0.263. The number of hydrogen-bond acceptors (Lipinski definition) is 7. The van der Waals surface area contributed by atoms with Crippen molar-refractivity contribution in [3.8, 4) is 11.5 Å². The number of amides is 2. The van der Waals surface area contributed by atoms with Crippen molar-refractivity contribution >= 4 is 23.2 Å². The summed E-state index contributed by atoms with van der Waals surface area (Å²) in [6.45, 7) is 0. The molecular formula is C19H15F3N4O4. The van der Waals surface area contributed by atoms with E-state index in [-0.39, 0.29) is 11.4 Å². The highest BCUT2D eigenvalue weighted by Crippen LogP contribution is 2.39. The van der Waals surface area contributed by atoms with E-state index in [4.69, 9.17) is 9.47 Å². The molecule has 0 saturated carbocycles. The zero-order chi connectivity index (χ0) is 21.6. The fourth-order valence-electron chi connectivity index (χ4n) is 3.37. The predicted octanol–water partition coefficient (Wildman–Crippen LogP) is 3.22. The zero-order valence-corrected chi connectivity index (χ0v) is 15.8. The lowest BCUT2D eigenvalue weighted by Gasteiger charge is -2.21. The summed E-state index contributed by atoms with van der Waals surface area (Å²) in [6.07, 6.45) is -4.56. The number of carbonyl (C=O) groups is 2. The van der Waals surface area contributed by atoms with E-state index >= 15 is 0 Å². The van der Waals surface area contributed by atoms with Crippen LogP contribution >= 0.6 is 0 Å². The Balaban J connectivity index is 1.70. The molecule has 1 saturated heterocycles. The first-order chi connectivity index (χ1) is 14.2. The van der Waals surface area contributed by atoms with Gasteiger partial charge in [0, 0.05) is 18.2 Å². The van der Waals surface area contributed by atoms with E-state index < -0.39 is 35.6 Å². The molecule has 2 aliphatic rings. The Bertz CT molecular complexity index is 1030. The molecule has 30 heavy (non-hydrogen) atoms. The first-order valence-corrected chi connectivity index (χ1v) is 8.72. The minimum Gasteiger partial charge on any atom is -0.497 e. The van der Waals surface area contributed by atoms with Crippen LogP contribution in [-0.2, 0) is 15.8 Å². The molecule has 0 N–H and O–H groups in total. The second-order valence-electron chi connectivity index (χ2n) is 6.57. The second kappa shape index (κ2) is 7.01. The summed E-state index contributed by atoms with van der Waals surface area (Å²) >= 11 is 0. The smallest absolute Gasteiger partial charge is 0.416 e. The van der Waals surface area contributed by atoms with Crippen molar-refractivity contribution in [1.29, 1.82) is 0 Å². The third-order valence-corrected chi connectivity index (χ3v) is 4.81. The molecule has 4 rings (SSSR count). The summed E-state index contributed by atoms with van der Waals surface area (Å²) in [6, 6.07) is 6.52. The van der Waals surface area contributed by atoms with Crippen LogP contribution in [0.2, 0.25) is 0 Å². The van der Waals surface area contributed by atoms with Crippen LogP contribution in [0.15, 0.2) is 52.8 Å². The molecule has 0 aliphatic carbocycles. The number of methoxy groups -OCH3 is 2. The van der Waals surface area contributed by atoms with E-state index in [1.807, 2.05) is 0 Å². The summed E-state index contributed by atoms with van der Waals surface area (Å²) in [5.74, 6) is -0.585. The molecule has 2 aliphatic heterocycles. The molecule has 0 spiro atoms. The summed E-state index contributed by atoms with van der Waals surface area (Å²) in [4.78, 5) is 26.9. The fourth-order valence-corrected chi connectivity index (χ4v) is 3.37. The van der Waals surface area contributed by atoms with E-state index in [9.17, 15) is 22.8 Å². The number of halogens is 3. The molecular weight excluding hydrogens is 405 g/mol. The van der Waals surface area contributed by atoms with Crippen molar-refractivity contribution < 1.29 is 32.2 Å². The highest BCUT2D eigenvalue weighted by molar-refractivity contribution is 6.26. The van der Waals surface area contributed by atoms with E-state index in [0.29, 0.717) is 11.5 Å². The van der Waals surface area contributed by atoms with Crippen LogP contribution in [0.5, 0.6) is 11.5 Å². The summed E-state index contributed by atoms with van der Waals surface area (Å²) in [7, 11) is 2.84. The molecule has 0 radical (unpaired) electrons. The Morgan fingerprint density at radius 1 is 0.933 bits per heavy atom. The first kappa shape index (κ1) is 19.7. The molecule has 2 atom stereocenters. The second-order valence-corrected chi connectivity index (χ2v) is 6.57. The zero-order valence-electron chi connectivity index (χ0n) is 15.8. The van der Waals surface area contributed by atoms with Crippen molar-refractivity contribution in [1.82, 2.24) is 0 Å². The molecule has 156 valence electrons. The van der Waals surface area contributed by atoms with Gasteiger partial charge in [-0.25, -0.2) is 9.91 Å². The van der Waals surface area contributed by atoms with Gasteiger partial charge in [0.05, 0.1) is 31.2 Å². The largest absolute Gasteiger partial charge is 0.497 e. The topological polar surface area (TPSA) is 83.8 Å². The van der Waals surface area contributed by atoms with Crippen molar-refractivity contribution in [3.05, 3.63) is 48.0 Å². The number of imide groups is 1. The number of alkyl halides is 3. The molecule has 2 amide bonds. The van der Waals surface area contributed by atoms with E-state index in [1.54, 1.807) is 6.07 Å². The van der Waals surface area contributed by atoms with Gasteiger partial charge in [-0.3, -0.25) is 9.59 Å². The van der Waals surface area contributed by atoms with Crippen molar-refractivity contribution in [3.63, 3.8) is 0 Å². The normalized spacial score (nSPS) is 20.7. The van der Waals surface area contributed by atoms with E-state index in [1.165, 1.54) is 38.5 Å². The third-order valence-electron chi connectivity index (χ3n) is 4.81. The predicted molar refractivity (Wildman–Crippen MR) is 98.4 cm³/mol. The standard InChI is InChI=1S/C19H15F3N4O4/c1-29-13-7-12(8-14(9-13)30-2)25-17(27)15-16(18(25)28)26(24-23-15)11-5-3-4-10(6-11)19(20,21)22/h3-9,15-16H,1-2H3/t15-,16+/m1/s1. The van der Waals surface area contributed by atoms with Crippen LogP contribution in [0.25, 0.3) is 0 Å². The number of anilines is 2. The molecule has 0 unspecified atom stereocenters. The average Bonchev–Trinajstić information content (AvgIpc) is 3.27. The van der Waals surface area contributed by atoms with Gasteiger partial charge >= 0.3 is 6.18 Å². The molecule has 0 bridgehead atoms. The Kier molecular flexibility index (Phi) is 4.60. The number of hydrogen-bond donors (Lipinski definition) is 0. The van der Waals surface area contributed by atoms with Crippen LogP contribution in [0, 0.1) is 0 Å². The number of carbonyl (C=O) groups excluding carboxylic acids is 2. The summed E-state index contributed by atoms with van der Waals surface area (Å²) in [5.41, 5.74) is -0.688. The lowest BCUT2D eigenvalue weighted by atomic mass is 10.1. The van der Waals surface area contributed by atoms with Crippen LogP contribution < -0.4 is 19.4 Å². The van der Waals surface area contributed by atoms with Crippen LogP contribution in [-0.4, -0.2) is 38.1 Å². The summed E-state index contributed by atoms with van der Waals surface area (Å²) < 4.78 is 49.5. The minimum absolute atomic E-state index is 0.00676. The molecule has 11 heteroatoms.